The number of nitrogen functional groups attached to an aromatic ring is 1. The molecular weight excluding hydrogens is 861 g/mol. The average Bonchev–Trinajstić information content (AvgIpc) is 3.22. The number of carbonyl (C=O) groups excluding carboxylic acids is 5. The summed E-state index contributed by atoms with van der Waals surface area (Å²) >= 11 is 0. The lowest BCUT2D eigenvalue weighted by molar-refractivity contribution is -0.142. The Morgan fingerprint density at radius 1 is 0.631 bits per heavy atom. The van der Waals surface area contributed by atoms with Gasteiger partial charge >= 0.3 is 6.09 Å². The Morgan fingerprint density at radius 2 is 1.03 bits per heavy atom. The summed E-state index contributed by atoms with van der Waals surface area (Å²) in [5, 5.41) is 7.70. The molecule has 2 unspecified atom stereocenters. The number of hydrogen-bond donors (Lipinski definition) is 4. The number of nitrogens with two attached hydrogens (primary N) is 1. The number of rotatable bonds is 19. The van der Waals surface area contributed by atoms with E-state index in [4.69, 9.17) is 29.4 Å². The van der Waals surface area contributed by atoms with Crippen LogP contribution in [-0.4, -0.2) is 95.8 Å². The number of carbonyl (C=O) groups is 5. The molecule has 20 heteroatoms. The minimum absolute atomic E-state index is 0.0288. The van der Waals surface area contributed by atoms with Gasteiger partial charge in [0.25, 0.3) is 11.8 Å². The largest absolute Gasteiger partial charge is 0.480 e. The molecule has 4 rings (SSSR count). The van der Waals surface area contributed by atoms with E-state index in [1.165, 1.54) is 58.7 Å². The quantitative estimate of drug-likeness (QED) is 0.0813. The molecule has 4 aromatic rings. The maximum absolute atomic E-state index is 13.9. The SMILES string of the molecule is COC(C)(C)C(=O)NC(Cc1ccnc(N)c1)C(=O)COc1c(F)cccc1F.COC(C)(C)C(=O)NC(Cc1ccnc(NC(=O)OC(C)(C)C)c1)C(=O)COc1c(F)cccc1F. The summed E-state index contributed by atoms with van der Waals surface area (Å²) in [7, 11) is 2.71. The van der Waals surface area contributed by atoms with Crippen LogP contribution in [0.5, 0.6) is 11.5 Å². The highest BCUT2D eigenvalue weighted by molar-refractivity contribution is 5.94. The third-order valence-electron chi connectivity index (χ3n) is 9.24. The number of Topliss-reactive ketones (excluding diaryl/α,β-unsaturated/α-hetero) is 2. The lowest BCUT2D eigenvalue weighted by Crippen LogP contribution is -2.52. The molecule has 0 aliphatic rings. The summed E-state index contributed by atoms with van der Waals surface area (Å²) in [6, 6.07) is 10.5. The summed E-state index contributed by atoms with van der Waals surface area (Å²) in [5.74, 6) is -7.05. The van der Waals surface area contributed by atoms with Crippen molar-refractivity contribution in [1.29, 1.82) is 0 Å². The predicted octanol–water partition coefficient (Wildman–Crippen LogP) is 5.85. The highest BCUT2D eigenvalue weighted by Gasteiger charge is 2.33. The third kappa shape index (κ3) is 16.8. The lowest BCUT2D eigenvalue weighted by Gasteiger charge is -2.26. The molecule has 65 heavy (non-hydrogen) atoms. The van der Waals surface area contributed by atoms with Crippen LogP contribution in [0.25, 0.3) is 0 Å². The van der Waals surface area contributed by atoms with Gasteiger partial charge in [0.05, 0.1) is 12.1 Å². The van der Waals surface area contributed by atoms with Crippen molar-refractivity contribution in [2.45, 2.75) is 90.2 Å². The number of aromatic nitrogens is 2. The monoisotopic (exact) mass is 914 g/mol. The standard InChI is InChI=1S/C25H31F2N3O6.C20H23F2N3O4/c1-24(2,3)36-23(33)30-20-13-15(10-11-28-20)12-18(29-22(32)25(4,5)34-6)19(31)14-35-21-16(26)8-7-9-17(21)27;1-20(2,28-3)19(27)25-15(9-12-7-8-24-17(23)10-12)16(26)11-29-18-13(21)5-4-6-14(18)22/h7-11,13,18H,12,14H2,1-6H3,(H,29,32)(H,28,30,33);4-8,10,15H,9,11H2,1-3H3,(H2,23,24)(H,25,27). The van der Waals surface area contributed by atoms with Crippen molar-refractivity contribution in [2.24, 2.45) is 0 Å². The molecule has 352 valence electrons. The van der Waals surface area contributed by atoms with Gasteiger partial charge in [-0.2, -0.15) is 0 Å². The number of ether oxygens (including phenoxy) is 5. The van der Waals surface area contributed by atoms with E-state index in [2.05, 4.69) is 25.9 Å². The molecule has 2 aromatic heterocycles. The van der Waals surface area contributed by atoms with Crippen molar-refractivity contribution in [2.75, 3.05) is 38.5 Å². The Morgan fingerprint density at radius 3 is 1.42 bits per heavy atom. The number of nitrogens with zero attached hydrogens (tertiary/aromatic N) is 2. The van der Waals surface area contributed by atoms with Crippen molar-refractivity contribution < 1.29 is 65.2 Å². The molecular formula is C45H54F4N6O10. The molecule has 0 aliphatic carbocycles. The van der Waals surface area contributed by atoms with Gasteiger partial charge in [-0.3, -0.25) is 24.5 Å². The van der Waals surface area contributed by atoms with Gasteiger partial charge in [-0.25, -0.2) is 32.3 Å². The van der Waals surface area contributed by atoms with Crippen molar-refractivity contribution in [3.63, 3.8) is 0 Å². The number of methoxy groups -OCH3 is 2. The van der Waals surface area contributed by atoms with Gasteiger partial charge in [0.1, 0.15) is 41.7 Å². The fourth-order valence-corrected chi connectivity index (χ4v) is 5.24. The van der Waals surface area contributed by atoms with Gasteiger partial charge in [-0.15, -0.1) is 0 Å². The van der Waals surface area contributed by atoms with Crippen molar-refractivity contribution >= 4 is 41.1 Å². The number of hydrogen-bond acceptors (Lipinski definition) is 13. The molecule has 0 aliphatic heterocycles. The zero-order valence-electron chi connectivity index (χ0n) is 37.5. The van der Waals surface area contributed by atoms with E-state index >= 15 is 0 Å². The first kappa shape index (κ1) is 52.7. The van der Waals surface area contributed by atoms with Crippen LogP contribution in [0.15, 0.2) is 73.1 Å². The van der Waals surface area contributed by atoms with E-state index in [0.717, 1.165) is 24.3 Å². The maximum Gasteiger partial charge on any atom is 0.413 e. The molecule has 0 spiro atoms. The van der Waals surface area contributed by atoms with Gasteiger partial charge in [0, 0.05) is 39.5 Å². The first-order chi connectivity index (χ1) is 30.3. The highest BCUT2D eigenvalue weighted by atomic mass is 19.1. The molecule has 2 heterocycles. The number of amides is 3. The number of ketones is 2. The van der Waals surface area contributed by atoms with E-state index in [0.29, 0.717) is 11.1 Å². The summed E-state index contributed by atoms with van der Waals surface area (Å²) in [6.07, 6.45) is 2.23. The van der Waals surface area contributed by atoms with Crippen LogP contribution in [0.4, 0.5) is 34.0 Å². The minimum atomic E-state index is -1.25. The molecule has 0 fully saturated rings. The first-order valence-electron chi connectivity index (χ1n) is 19.9. The van der Waals surface area contributed by atoms with Crippen LogP contribution in [0.3, 0.4) is 0 Å². The van der Waals surface area contributed by atoms with Crippen molar-refractivity contribution in [3.8, 4) is 11.5 Å². The van der Waals surface area contributed by atoms with E-state index in [-0.39, 0.29) is 24.5 Å². The van der Waals surface area contributed by atoms with Gasteiger partial charge in [0.2, 0.25) is 0 Å². The molecule has 2 atom stereocenters. The Bertz CT molecular complexity index is 2270. The number of benzene rings is 2. The summed E-state index contributed by atoms with van der Waals surface area (Å²) in [6.45, 7) is 9.92. The summed E-state index contributed by atoms with van der Waals surface area (Å²) < 4.78 is 80.9. The number of pyridine rings is 2. The second-order valence-corrected chi connectivity index (χ2v) is 16.3. The molecule has 2 aromatic carbocycles. The van der Waals surface area contributed by atoms with Crippen LogP contribution in [-0.2, 0) is 46.2 Å². The smallest absolute Gasteiger partial charge is 0.413 e. The Kier molecular flexibility index (Phi) is 18.9. The predicted molar refractivity (Wildman–Crippen MR) is 230 cm³/mol. The van der Waals surface area contributed by atoms with Crippen molar-refractivity contribution in [1.82, 2.24) is 20.6 Å². The normalized spacial score (nSPS) is 12.4. The number of halogens is 4. The fourth-order valence-electron chi connectivity index (χ4n) is 5.24. The molecule has 3 amide bonds. The summed E-state index contributed by atoms with van der Waals surface area (Å²) in [5.41, 5.74) is 3.68. The lowest BCUT2D eigenvalue weighted by atomic mass is 10.0. The molecule has 5 N–H and O–H groups in total. The van der Waals surface area contributed by atoms with Gasteiger partial charge in [0.15, 0.2) is 46.3 Å². The molecule has 0 radical (unpaired) electrons. The first-order valence-corrected chi connectivity index (χ1v) is 19.9. The zero-order chi connectivity index (χ0) is 48.7. The fraction of sp³-hybridized carbons (Fsp3) is 0.400. The summed E-state index contributed by atoms with van der Waals surface area (Å²) in [4.78, 5) is 70.8. The Balaban J connectivity index is 0.000000353. The average molecular weight is 915 g/mol. The maximum atomic E-state index is 13.9. The Labute approximate surface area is 373 Å². The van der Waals surface area contributed by atoms with Gasteiger partial charge in [-0.05, 0) is 108 Å². The molecule has 16 nitrogen and oxygen atoms in total. The topological polar surface area (TPSA) is 219 Å². The van der Waals surface area contributed by atoms with Crippen molar-refractivity contribution in [3.05, 3.63) is 107 Å². The molecule has 0 saturated heterocycles. The minimum Gasteiger partial charge on any atom is -0.480 e. The van der Waals surface area contributed by atoms with Crippen LogP contribution in [0, 0.1) is 23.3 Å². The van der Waals surface area contributed by atoms with E-state index < -0.39 is 106 Å². The van der Waals surface area contributed by atoms with Gasteiger partial charge in [-0.1, -0.05) is 12.1 Å². The third-order valence-corrected chi connectivity index (χ3v) is 9.24. The second-order valence-electron chi connectivity index (χ2n) is 16.3. The van der Waals surface area contributed by atoms with Crippen LogP contribution in [0.2, 0.25) is 0 Å². The second kappa shape index (κ2) is 23.3. The van der Waals surface area contributed by atoms with Gasteiger partial charge < -0.3 is 40.1 Å². The van der Waals surface area contributed by atoms with E-state index in [9.17, 15) is 41.5 Å². The van der Waals surface area contributed by atoms with Crippen LogP contribution >= 0.6 is 0 Å². The van der Waals surface area contributed by atoms with Crippen LogP contribution in [0.1, 0.15) is 59.6 Å². The number of nitrogens with one attached hydrogen (secondary N) is 3. The Hall–Kier alpha value is -6.67. The number of para-hydroxylation sites is 2. The highest BCUT2D eigenvalue weighted by Crippen LogP contribution is 2.23. The van der Waals surface area contributed by atoms with E-state index in [1.807, 2.05) is 0 Å². The zero-order valence-corrected chi connectivity index (χ0v) is 37.5. The molecule has 0 saturated carbocycles. The number of anilines is 2. The molecule has 0 bridgehead atoms. The van der Waals surface area contributed by atoms with E-state index in [1.54, 1.807) is 52.8 Å². The van der Waals surface area contributed by atoms with Crippen LogP contribution < -0.4 is 31.2 Å².